The van der Waals surface area contributed by atoms with Gasteiger partial charge in [0.2, 0.25) is 0 Å². The van der Waals surface area contributed by atoms with Crippen molar-refractivity contribution in [2.24, 2.45) is 5.73 Å². The molecule has 0 bridgehead atoms. The molecule has 2 aromatic rings. The molecule has 2 rings (SSSR count). The molecular formula is C13H14FN3OS. The highest BCUT2D eigenvalue weighted by atomic mass is 32.1. The van der Waals surface area contributed by atoms with Crippen LogP contribution in [0.25, 0.3) is 0 Å². The number of thiophene rings is 1. The third-order valence-electron chi connectivity index (χ3n) is 2.77. The maximum Gasteiger partial charge on any atom is 0.250 e. The molecule has 4 N–H and O–H groups in total. The number of nitrogens with two attached hydrogens (primary N) is 2. The first-order chi connectivity index (χ1) is 8.99. The molecule has 4 nitrogen and oxygen atoms in total. The molecule has 1 amide bonds. The lowest BCUT2D eigenvalue weighted by molar-refractivity contribution is 0.100. The molecule has 0 aliphatic carbocycles. The Balaban J connectivity index is 2.33. The third-order valence-corrected chi connectivity index (χ3v) is 3.63. The SMILES string of the molecule is CN(Cc1cccs1)c1cc(C(N)=O)c(N)cc1F. The summed E-state index contributed by atoms with van der Waals surface area (Å²) in [6.45, 7) is 0.552. The molecule has 1 aromatic heterocycles. The van der Waals surface area contributed by atoms with Gasteiger partial charge in [0.05, 0.1) is 17.8 Å². The molecule has 0 saturated carbocycles. The maximum atomic E-state index is 13.9. The first-order valence-corrected chi connectivity index (χ1v) is 6.49. The van der Waals surface area contributed by atoms with Crippen LogP contribution in [0.5, 0.6) is 0 Å². The quantitative estimate of drug-likeness (QED) is 0.843. The number of hydrogen-bond donors (Lipinski definition) is 2. The Hall–Kier alpha value is -2.08. The summed E-state index contributed by atoms with van der Waals surface area (Å²) in [7, 11) is 1.75. The average molecular weight is 279 g/mol. The molecule has 0 spiro atoms. The zero-order chi connectivity index (χ0) is 14.0. The standard InChI is InChI=1S/C13H14FN3OS/c1-17(7-8-3-2-4-19-8)12-5-9(13(16)18)11(15)6-10(12)14/h2-6H,7,15H2,1H3,(H2,16,18). The molecule has 0 atom stereocenters. The van der Waals surface area contributed by atoms with Crippen LogP contribution in [-0.4, -0.2) is 13.0 Å². The summed E-state index contributed by atoms with van der Waals surface area (Å²) in [5.41, 5.74) is 11.3. The molecule has 0 saturated heterocycles. The van der Waals surface area contributed by atoms with E-state index in [1.807, 2.05) is 17.5 Å². The van der Waals surface area contributed by atoms with E-state index in [0.717, 1.165) is 10.9 Å². The fraction of sp³-hybridized carbons (Fsp3) is 0.154. The highest BCUT2D eigenvalue weighted by molar-refractivity contribution is 7.09. The van der Waals surface area contributed by atoms with Crippen LogP contribution in [0.3, 0.4) is 0 Å². The van der Waals surface area contributed by atoms with Gasteiger partial charge in [-0.2, -0.15) is 0 Å². The van der Waals surface area contributed by atoms with Crippen molar-refractivity contribution in [2.45, 2.75) is 6.54 Å². The molecule has 1 aromatic carbocycles. The van der Waals surface area contributed by atoms with Crippen LogP contribution in [0.1, 0.15) is 15.2 Å². The average Bonchev–Trinajstić information content (AvgIpc) is 2.81. The zero-order valence-corrected chi connectivity index (χ0v) is 11.2. The number of nitrogens with zero attached hydrogens (tertiary/aromatic N) is 1. The fourth-order valence-corrected chi connectivity index (χ4v) is 2.56. The van der Waals surface area contributed by atoms with Gasteiger partial charge in [0.25, 0.3) is 5.91 Å². The largest absolute Gasteiger partial charge is 0.398 e. The lowest BCUT2D eigenvalue weighted by atomic mass is 10.1. The van der Waals surface area contributed by atoms with Gasteiger partial charge in [-0.15, -0.1) is 11.3 Å². The molecule has 6 heteroatoms. The van der Waals surface area contributed by atoms with Gasteiger partial charge in [-0.3, -0.25) is 4.79 Å². The number of anilines is 2. The number of rotatable bonds is 4. The minimum Gasteiger partial charge on any atom is -0.398 e. The van der Waals surface area contributed by atoms with E-state index in [1.165, 1.54) is 6.07 Å². The van der Waals surface area contributed by atoms with E-state index in [-0.39, 0.29) is 11.3 Å². The number of primary amides is 1. The first kappa shape index (κ1) is 13.4. The van der Waals surface area contributed by atoms with Gasteiger partial charge in [0.1, 0.15) is 5.82 Å². The highest BCUT2D eigenvalue weighted by Gasteiger charge is 2.15. The monoisotopic (exact) mass is 279 g/mol. The van der Waals surface area contributed by atoms with Crippen LogP contribution < -0.4 is 16.4 Å². The number of nitrogen functional groups attached to an aromatic ring is 1. The van der Waals surface area contributed by atoms with Crippen LogP contribution in [0, 0.1) is 5.82 Å². The Morgan fingerprint density at radius 3 is 2.79 bits per heavy atom. The molecule has 0 fully saturated rings. The Morgan fingerprint density at radius 2 is 2.21 bits per heavy atom. The van der Waals surface area contributed by atoms with Crippen LogP contribution >= 0.6 is 11.3 Å². The minimum absolute atomic E-state index is 0.0540. The Bertz CT molecular complexity index is 598. The van der Waals surface area contributed by atoms with E-state index in [0.29, 0.717) is 12.2 Å². The normalized spacial score (nSPS) is 10.4. The van der Waals surface area contributed by atoms with Gasteiger partial charge in [-0.25, -0.2) is 4.39 Å². The van der Waals surface area contributed by atoms with Gasteiger partial charge < -0.3 is 16.4 Å². The van der Waals surface area contributed by atoms with Crippen LogP contribution in [0.2, 0.25) is 0 Å². The molecule has 19 heavy (non-hydrogen) atoms. The summed E-state index contributed by atoms with van der Waals surface area (Å²) in [6, 6.07) is 6.41. The van der Waals surface area contributed by atoms with Crippen molar-refractivity contribution in [3.8, 4) is 0 Å². The molecular weight excluding hydrogens is 265 g/mol. The van der Waals surface area contributed by atoms with E-state index < -0.39 is 11.7 Å². The number of halogens is 1. The van der Waals surface area contributed by atoms with E-state index in [1.54, 1.807) is 23.3 Å². The summed E-state index contributed by atoms with van der Waals surface area (Å²) >= 11 is 1.58. The Morgan fingerprint density at radius 1 is 1.47 bits per heavy atom. The van der Waals surface area contributed by atoms with Crippen molar-refractivity contribution in [1.82, 2.24) is 0 Å². The van der Waals surface area contributed by atoms with Crippen molar-refractivity contribution in [3.05, 3.63) is 45.9 Å². The Labute approximate surface area is 114 Å². The van der Waals surface area contributed by atoms with Crippen molar-refractivity contribution in [1.29, 1.82) is 0 Å². The van der Waals surface area contributed by atoms with Crippen molar-refractivity contribution in [2.75, 3.05) is 17.7 Å². The number of benzene rings is 1. The number of carbonyl (C=O) groups is 1. The molecule has 0 aliphatic rings. The van der Waals surface area contributed by atoms with E-state index in [2.05, 4.69) is 0 Å². The topological polar surface area (TPSA) is 72.3 Å². The first-order valence-electron chi connectivity index (χ1n) is 5.61. The van der Waals surface area contributed by atoms with Gasteiger partial charge in [-0.05, 0) is 23.6 Å². The van der Waals surface area contributed by atoms with E-state index in [9.17, 15) is 9.18 Å². The van der Waals surface area contributed by atoms with Gasteiger partial charge in [-0.1, -0.05) is 6.07 Å². The van der Waals surface area contributed by atoms with Gasteiger partial charge in [0.15, 0.2) is 0 Å². The minimum atomic E-state index is -0.664. The molecule has 100 valence electrons. The van der Waals surface area contributed by atoms with Crippen LogP contribution in [-0.2, 0) is 6.54 Å². The molecule has 0 aliphatic heterocycles. The second-order valence-electron chi connectivity index (χ2n) is 4.19. The third kappa shape index (κ3) is 2.85. The number of amides is 1. The van der Waals surface area contributed by atoms with Crippen LogP contribution in [0.4, 0.5) is 15.8 Å². The second kappa shape index (κ2) is 5.27. The smallest absolute Gasteiger partial charge is 0.250 e. The number of hydrogen-bond acceptors (Lipinski definition) is 4. The Kier molecular flexibility index (Phi) is 3.71. The van der Waals surface area contributed by atoms with Crippen molar-refractivity contribution in [3.63, 3.8) is 0 Å². The zero-order valence-electron chi connectivity index (χ0n) is 10.4. The predicted octanol–water partition coefficient (Wildman–Crippen LogP) is 2.20. The lowest BCUT2D eigenvalue weighted by Crippen LogP contribution is -2.20. The number of carbonyl (C=O) groups excluding carboxylic acids is 1. The highest BCUT2D eigenvalue weighted by Crippen LogP contribution is 2.26. The lowest BCUT2D eigenvalue weighted by Gasteiger charge is -2.20. The van der Waals surface area contributed by atoms with Crippen molar-refractivity contribution >= 4 is 28.6 Å². The maximum absolute atomic E-state index is 13.9. The predicted molar refractivity (Wildman–Crippen MR) is 75.8 cm³/mol. The van der Waals surface area contributed by atoms with E-state index >= 15 is 0 Å². The summed E-state index contributed by atoms with van der Waals surface area (Å²) in [5.74, 6) is -1.13. The fourth-order valence-electron chi connectivity index (χ4n) is 1.80. The molecule has 0 radical (unpaired) electrons. The van der Waals surface area contributed by atoms with Crippen LogP contribution in [0.15, 0.2) is 29.6 Å². The molecule has 0 unspecified atom stereocenters. The molecule has 1 heterocycles. The summed E-state index contributed by atoms with van der Waals surface area (Å²) < 4.78 is 13.9. The summed E-state index contributed by atoms with van der Waals surface area (Å²) in [4.78, 5) is 14.0. The van der Waals surface area contributed by atoms with Crippen molar-refractivity contribution < 1.29 is 9.18 Å². The van der Waals surface area contributed by atoms with Gasteiger partial charge >= 0.3 is 0 Å². The van der Waals surface area contributed by atoms with Gasteiger partial charge in [0, 0.05) is 17.6 Å². The van der Waals surface area contributed by atoms with E-state index in [4.69, 9.17) is 11.5 Å². The summed E-state index contributed by atoms with van der Waals surface area (Å²) in [5, 5.41) is 1.96. The summed E-state index contributed by atoms with van der Waals surface area (Å²) in [6.07, 6.45) is 0. The second-order valence-corrected chi connectivity index (χ2v) is 5.22.